The SMILES string of the molecule is Cc1cccc(NC(=O)CSc2nnc(CCc3ccccc3)n2C)c1. The molecule has 0 radical (unpaired) electrons. The molecule has 5 nitrogen and oxygen atoms in total. The van der Waals surface area contributed by atoms with Gasteiger partial charge in [-0.05, 0) is 36.6 Å². The van der Waals surface area contributed by atoms with Crippen LogP contribution in [0.1, 0.15) is 17.0 Å². The normalized spacial score (nSPS) is 10.7. The Morgan fingerprint density at radius 1 is 1.08 bits per heavy atom. The zero-order valence-electron chi connectivity index (χ0n) is 15.0. The van der Waals surface area contributed by atoms with E-state index in [2.05, 4.69) is 27.6 Å². The lowest BCUT2D eigenvalue weighted by Gasteiger charge is -2.06. The van der Waals surface area contributed by atoms with Crippen molar-refractivity contribution in [2.24, 2.45) is 7.05 Å². The van der Waals surface area contributed by atoms with Crippen LogP contribution in [0, 0.1) is 6.92 Å². The number of carbonyl (C=O) groups excluding carboxylic acids is 1. The minimum absolute atomic E-state index is 0.0468. The summed E-state index contributed by atoms with van der Waals surface area (Å²) in [6, 6.07) is 18.1. The van der Waals surface area contributed by atoms with Crippen LogP contribution in [0.4, 0.5) is 5.69 Å². The molecular formula is C20H22N4OS. The van der Waals surface area contributed by atoms with Crippen molar-refractivity contribution < 1.29 is 4.79 Å². The Morgan fingerprint density at radius 2 is 1.88 bits per heavy atom. The molecule has 1 aromatic heterocycles. The van der Waals surface area contributed by atoms with Gasteiger partial charge in [-0.3, -0.25) is 4.79 Å². The van der Waals surface area contributed by atoms with Gasteiger partial charge in [0.25, 0.3) is 0 Å². The van der Waals surface area contributed by atoms with E-state index < -0.39 is 0 Å². The van der Waals surface area contributed by atoms with E-state index in [0.717, 1.165) is 35.1 Å². The lowest BCUT2D eigenvalue weighted by molar-refractivity contribution is -0.113. The summed E-state index contributed by atoms with van der Waals surface area (Å²) in [5.74, 6) is 1.18. The number of thioether (sulfide) groups is 1. The molecule has 0 aliphatic heterocycles. The van der Waals surface area contributed by atoms with Crippen molar-refractivity contribution in [3.8, 4) is 0 Å². The highest BCUT2D eigenvalue weighted by Crippen LogP contribution is 2.17. The fourth-order valence-electron chi connectivity index (χ4n) is 2.64. The molecule has 0 atom stereocenters. The molecule has 6 heteroatoms. The van der Waals surface area contributed by atoms with Crippen molar-refractivity contribution >= 4 is 23.4 Å². The Kier molecular flexibility index (Phi) is 6.07. The molecule has 0 fully saturated rings. The van der Waals surface area contributed by atoms with Gasteiger partial charge in [0.2, 0.25) is 5.91 Å². The topological polar surface area (TPSA) is 59.8 Å². The van der Waals surface area contributed by atoms with Crippen molar-refractivity contribution in [2.75, 3.05) is 11.1 Å². The van der Waals surface area contributed by atoms with E-state index in [-0.39, 0.29) is 5.91 Å². The average Bonchev–Trinajstić information content (AvgIpc) is 2.99. The molecule has 26 heavy (non-hydrogen) atoms. The molecule has 1 N–H and O–H groups in total. The molecule has 3 rings (SSSR count). The third-order valence-electron chi connectivity index (χ3n) is 4.04. The summed E-state index contributed by atoms with van der Waals surface area (Å²) >= 11 is 1.40. The second-order valence-corrected chi connectivity index (χ2v) is 7.09. The van der Waals surface area contributed by atoms with Crippen molar-refractivity contribution in [2.45, 2.75) is 24.9 Å². The van der Waals surface area contributed by atoms with Crippen LogP contribution in [0.2, 0.25) is 0 Å². The number of aromatic nitrogens is 3. The molecule has 0 aliphatic carbocycles. The van der Waals surface area contributed by atoms with E-state index in [1.807, 2.05) is 61.0 Å². The fourth-order valence-corrected chi connectivity index (χ4v) is 3.37. The number of rotatable bonds is 7. The minimum atomic E-state index is -0.0468. The summed E-state index contributed by atoms with van der Waals surface area (Å²) in [7, 11) is 1.95. The number of carbonyl (C=O) groups is 1. The quantitative estimate of drug-likeness (QED) is 0.649. The highest BCUT2D eigenvalue weighted by Gasteiger charge is 2.11. The lowest BCUT2D eigenvalue weighted by Crippen LogP contribution is -2.14. The van der Waals surface area contributed by atoms with Crippen LogP contribution in [0.25, 0.3) is 0 Å². The summed E-state index contributed by atoms with van der Waals surface area (Å²) < 4.78 is 1.97. The maximum atomic E-state index is 12.1. The number of hydrogen-bond donors (Lipinski definition) is 1. The van der Waals surface area contributed by atoms with E-state index in [4.69, 9.17) is 0 Å². The second kappa shape index (κ2) is 8.67. The van der Waals surface area contributed by atoms with Crippen LogP contribution in [0.3, 0.4) is 0 Å². The summed E-state index contributed by atoms with van der Waals surface area (Å²) in [5, 5.41) is 12.1. The highest BCUT2D eigenvalue weighted by molar-refractivity contribution is 7.99. The molecule has 2 aromatic carbocycles. The first-order valence-corrected chi connectivity index (χ1v) is 9.52. The van der Waals surface area contributed by atoms with Crippen molar-refractivity contribution in [1.29, 1.82) is 0 Å². The zero-order valence-corrected chi connectivity index (χ0v) is 15.8. The standard InChI is InChI=1S/C20H22N4OS/c1-15-7-6-10-17(13-15)21-19(25)14-26-20-23-22-18(24(20)2)12-11-16-8-4-3-5-9-16/h3-10,13H,11-12,14H2,1-2H3,(H,21,25). The van der Waals surface area contributed by atoms with Gasteiger partial charge in [0.15, 0.2) is 5.16 Å². The van der Waals surface area contributed by atoms with Crippen LogP contribution in [0.5, 0.6) is 0 Å². The van der Waals surface area contributed by atoms with Gasteiger partial charge in [0.05, 0.1) is 5.75 Å². The number of nitrogens with zero attached hydrogens (tertiary/aromatic N) is 3. The first-order valence-electron chi connectivity index (χ1n) is 8.53. The number of benzene rings is 2. The molecule has 1 amide bonds. The molecular weight excluding hydrogens is 344 g/mol. The summed E-state index contributed by atoms with van der Waals surface area (Å²) in [6.45, 7) is 2.00. The predicted molar refractivity (Wildman–Crippen MR) is 105 cm³/mol. The second-order valence-electron chi connectivity index (χ2n) is 6.15. The zero-order chi connectivity index (χ0) is 18.4. The van der Waals surface area contributed by atoms with Gasteiger partial charge in [-0.25, -0.2) is 0 Å². The maximum Gasteiger partial charge on any atom is 0.234 e. The number of amides is 1. The fraction of sp³-hybridized carbons (Fsp3) is 0.250. The molecule has 0 unspecified atom stereocenters. The third kappa shape index (κ3) is 4.95. The third-order valence-corrected chi connectivity index (χ3v) is 5.06. The summed E-state index contributed by atoms with van der Waals surface area (Å²) in [4.78, 5) is 12.1. The summed E-state index contributed by atoms with van der Waals surface area (Å²) in [5.41, 5.74) is 3.21. The Morgan fingerprint density at radius 3 is 2.65 bits per heavy atom. The molecule has 0 spiro atoms. The van der Waals surface area contributed by atoms with Crippen molar-refractivity contribution in [3.63, 3.8) is 0 Å². The summed E-state index contributed by atoms with van der Waals surface area (Å²) in [6.07, 6.45) is 1.74. The Labute approximate surface area is 157 Å². The number of anilines is 1. The highest BCUT2D eigenvalue weighted by atomic mass is 32.2. The average molecular weight is 366 g/mol. The van der Waals surface area contributed by atoms with Gasteiger partial charge in [0, 0.05) is 19.2 Å². The predicted octanol–water partition coefficient (Wildman–Crippen LogP) is 3.64. The molecule has 0 bridgehead atoms. The van der Waals surface area contributed by atoms with Crippen molar-refractivity contribution in [3.05, 3.63) is 71.5 Å². The van der Waals surface area contributed by atoms with E-state index in [1.165, 1.54) is 17.3 Å². The first kappa shape index (κ1) is 18.2. The van der Waals surface area contributed by atoms with Gasteiger partial charge < -0.3 is 9.88 Å². The van der Waals surface area contributed by atoms with Gasteiger partial charge in [-0.2, -0.15) is 0 Å². The minimum Gasteiger partial charge on any atom is -0.325 e. The van der Waals surface area contributed by atoms with E-state index in [1.54, 1.807) is 0 Å². The van der Waals surface area contributed by atoms with Crippen LogP contribution < -0.4 is 5.32 Å². The van der Waals surface area contributed by atoms with Gasteiger partial charge in [-0.15, -0.1) is 10.2 Å². The van der Waals surface area contributed by atoms with Crippen LogP contribution in [0.15, 0.2) is 59.8 Å². The number of nitrogens with one attached hydrogen (secondary N) is 1. The first-order chi connectivity index (χ1) is 12.6. The molecule has 1 heterocycles. The Bertz CT molecular complexity index is 877. The largest absolute Gasteiger partial charge is 0.325 e. The maximum absolute atomic E-state index is 12.1. The monoisotopic (exact) mass is 366 g/mol. The van der Waals surface area contributed by atoms with Gasteiger partial charge in [-0.1, -0.05) is 54.2 Å². The molecule has 0 saturated carbocycles. The van der Waals surface area contributed by atoms with Crippen molar-refractivity contribution in [1.82, 2.24) is 14.8 Å². The van der Waals surface area contributed by atoms with Gasteiger partial charge in [0.1, 0.15) is 5.82 Å². The number of aryl methyl sites for hydroxylation is 3. The van der Waals surface area contributed by atoms with E-state index in [0.29, 0.717) is 5.75 Å². The van der Waals surface area contributed by atoms with Crippen LogP contribution >= 0.6 is 11.8 Å². The number of hydrogen-bond acceptors (Lipinski definition) is 4. The van der Waals surface area contributed by atoms with E-state index >= 15 is 0 Å². The molecule has 0 aliphatic rings. The Balaban J connectivity index is 1.52. The Hall–Kier alpha value is -2.60. The smallest absolute Gasteiger partial charge is 0.234 e. The van der Waals surface area contributed by atoms with Crippen LogP contribution in [-0.4, -0.2) is 26.4 Å². The molecule has 0 saturated heterocycles. The van der Waals surface area contributed by atoms with Gasteiger partial charge >= 0.3 is 0 Å². The van der Waals surface area contributed by atoms with E-state index in [9.17, 15) is 4.79 Å². The molecule has 3 aromatic rings. The lowest BCUT2D eigenvalue weighted by atomic mass is 10.1. The molecule has 134 valence electrons. The van der Waals surface area contributed by atoms with Crippen LogP contribution in [-0.2, 0) is 24.7 Å².